The highest BCUT2D eigenvalue weighted by Crippen LogP contribution is 2.43. The van der Waals surface area contributed by atoms with Crippen LogP contribution in [0.3, 0.4) is 0 Å². The molecule has 0 amide bonds. The Balaban J connectivity index is 2.42. The zero-order valence-corrected chi connectivity index (χ0v) is 10.4. The number of aromatic hydroxyl groups is 1. The molecule has 1 aliphatic carbocycles. The largest absolute Gasteiger partial charge is 0.508 e. The van der Waals surface area contributed by atoms with Gasteiger partial charge in [0.05, 0.1) is 0 Å². The summed E-state index contributed by atoms with van der Waals surface area (Å²) in [6.45, 7) is 0. The first kappa shape index (κ1) is 12.1. The van der Waals surface area contributed by atoms with E-state index in [-0.39, 0.29) is 5.54 Å². The first-order valence-electron chi connectivity index (χ1n) is 6.04. The van der Waals surface area contributed by atoms with Crippen molar-refractivity contribution in [1.82, 2.24) is 4.90 Å². The van der Waals surface area contributed by atoms with E-state index in [1.165, 1.54) is 0 Å². The summed E-state index contributed by atoms with van der Waals surface area (Å²) in [4.78, 5) is 13.5. The Kier molecular flexibility index (Phi) is 3.20. The van der Waals surface area contributed by atoms with E-state index in [4.69, 9.17) is 0 Å². The third-order valence-electron chi connectivity index (χ3n) is 3.90. The summed E-state index contributed by atoms with van der Waals surface area (Å²) in [6.07, 6.45) is 2.78. The van der Waals surface area contributed by atoms with Crippen LogP contribution in [0.4, 0.5) is 0 Å². The van der Waals surface area contributed by atoms with Crippen molar-refractivity contribution in [3.05, 3.63) is 29.8 Å². The van der Waals surface area contributed by atoms with Crippen LogP contribution in [0.15, 0.2) is 24.3 Å². The molecule has 1 aromatic rings. The van der Waals surface area contributed by atoms with Gasteiger partial charge in [0.15, 0.2) is 0 Å². The van der Waals surface area contributed by atoms with Gasteiger partial charge in [-0.05, 0) is 33.0 Å². The molecule has 2 rings (SSSR count). The van der Waals surface area contributed by atoms with Crippen molar-refractivity contribution in [3.63, 3.8) is 0 Å². The Morgan fingerprint density at radius 2 is 1.76 bits per heavy atom. The van der Waals surface area contributed by atoms with Gasteiger partial charge in [-0.25, -0.2) is 0 Å². The summed E-state index contributed by atoms with van der Waals surface area (Å²) in [7, 11) is 4.03. The molecular formula is C14H19NO2. The molecule has 1 saturated carbocycles. The lowest BCUT2D eigenvalue weighted by Gasteiger charge is -2.43. The molecule has 0 aliphatic heterocycles. The van der Waals surface area contributed by atoms with E-state index >= 15 is 0 Å². The van der Waals surface area contributed by atoms with Gasteiger partial charge in [-0.15, -0.1) is 0 Å². The predicted molar refractivity (Wildman–Crippen MR) is 66.9 cm³/mol. The van der Waals surface area contributed by atoms with Crippen LogP contribution in [0, 0.1) is 0 Å². The fourth-order valence-electron chi connectivity index (χ4n) is 2.77. The molecule has 0 radical (unpaired) electrons. The minimum absolute atomic E-state index is 0.195. The van der Waals surface area contributed by atoms with Crippen LogP contribution in [0.5, 0.6) is 5.75 Å². The minimum Gasteiger partial charge on any atom is -0.508 e. The number of phenols is 1. The molecule has 1 aliphatic rings. The molecule has 92 valence electrons. The number of ketones is 1. The number of hydrogen-bond acceptors (Lipinski definition) is 3. The highest BCUT2D eigenvalue weighted by atomic mass is 16.3. The van der Waals surface area contributed by atoms with Crippen LogP contribution in [-0.2, 0) is 10.3 Å². The first-order chi connectivity index (χ1) is 8.06. The monoisotopic (exact) mass is 233 g/mol. The van der Waals surface area contributed by atoms with Gasteiger partial charge in [0, 0.05) is 23.9 Å². The van der Waals surface area contributed by atoms with Crippen molar-refractivity contribution >= 4 is 5.78 Å². The Morgan fingerprint density at radius 1 is 1.18 bits per heavy atom. The number of benzene rings is 1. The summed E-state index contributed by atoms with van der Waals surface area (Å²) in [5.74, 6) is 0.661. The molecule has 1 N–H and O–H groups in total. The third-order valence-corrected chi connectivity index (χ3v) is 3.90. The smallest absolute Gasteiger partial charge is 0.133 e. The molecular weight excluding hydrogens is 214 g/mol. The molecule has 17 heavy (non-hydrogen) atoms. The Bertz CT molecular complexity index is 416. The molecule has 0 heterocycles. The van der Waals surface area contributed by atoms with Crippen LogP contribution in [0.2, 0.25) is 0 Å². The highest BCUT2D eigenvalue weighted by Gasteiger charge is 2.39. The van der Waals surface area contributed by atoms with Gasteiger partial charge in [-0.3, -0.25) is 9.69 Å². The van der Waals surface area contributed by atoms with Crippen molar-refractivity contribution in [2.24, 2.45) is 0 Å². The Hall–Kier alpha value is -1.35. The third kappa shape index (κ3) is 2.07. The fraction of sp³-hybridized carbons (Fsp3) is 0.500. The number of phenolic OH excluding ortho intramolecular Hbond substituents is 1. The second-order valence-corrected chi connectivity index (χ2v) is 4.98. The lowest BCUT2D eigenvalue weighted by molar-refractivity contribution is -0.122. The average Bonchev–Trinajstić information content (AvgIpc) is 2.31. The topological polar surface area (TPSA) is 40.5 Å². The summed E-state index contributed by atoms with van der Waals surface area (Å²) in [5.41, 5.74) is 0.747. The zero-order chi connectivity index (χ0) is 12.5. The van der Waals surface area contributed by atoms with E-state index in [1.807, 2.05) is 32.3 Å². The average molecular weight is 233 g/mol. The number of hydrogen-bond donors (Lipinski definition) is 1. The van der Waals surface area contributed by atoms with Crippen molar-refractivity contribution in [1.29, 1.82) is 0 Å². The molecule has 0 saturated heterocycles. The molecule has 1 fully saturated rings. The summed E-state index contributed by atoms with van der Waals surface area (Å²) < 4.78 is 0. The lowest BCUT2D eigenvalue weighted by Crippen LogP contribution is -2.44. The molecule has 0 atom stereocenters. The van der Waals surface area contributed by atoms with Gasteiger partial charge >= 0.3 is 0 Å². The van der Waals surface area contributed by atoms with E-state index in [1.54, 1.807) is 6.07 Å². The standard InChI is InChI=1S/C14H19NO2/c1-15(2)14(9-7-11(16)8-10-14)12-5-3-4-6-13(12)17/h3-6,17H,7-10H2,1-2H3. The van der Waals surface area contributed by atoms with Gasteiger partial charge in [0.1, 0.15) is 11.5 Å². The molecule has 3 heteroatoms. The van der Waals surface area contributed by atoms with Crippen LogP contribution in [-0.4, -0.2) is 29.9 Å². The van der Waals surface area contributed by atoms with Gasteiger partial charge in [0.25, 0.3) is 0 Å². The van der Waals surface area contributed by atoms with E-state index < -0.39 is 0 Å². The lowest BCUT2D eigenvalue weighted by atomic mass is 9.75. The zero-order valence-electron chi connectivity index (χ0n) is 10.4. The Labute approximate surface area is 102 Å². The normalized spacial score (nSPS) is 19.6. The van der Waals surface area contributed by atoms with Crippen LogP contribution in [0.1, 0.15) is 31.2 Å². The summed E-state index contributed by atoms with van der Waals surface area (Å²) in [5, 5.41) is 10.0. The second kappa shape index (κ2) is 4.49. The first-order valence-corrected chi connectivity index (χ1v) is 6.04. The predicted octanol–water partition coefficient (Wildman–Crippen LogP) is 2.29. The van der Waals surface area contributed by atoms with E-state index in [0.717, 1.165) is 18.4 Å². The maximum Gasteiger partial charge on any atom is 0.133 e. The van der Waals surface area contributed by atoms with Crippen LogP contribution >= 0.6 is 0 Å². The number of carbonyl (C=O) groups excluding carboxylic acids is 1. The molecule has 0 bridgehead atoms. The summed E-state index contributed by atoms with van der Waals surface area (Å²) in [6, 6.07) is 7.45. The maximum atomic E-state index is 11.4. The van der Waals surface area contributed by atoms with Crippen molar-refractivity contribution in [3.8, 4) is 5.75 Å². The quantitative estimate of drug-likeness (QED) is 0.852. The number of Topliss-reactive ketones (excluding diaryl/α,β-unsaturated/α-hetero) is 1. The minimum atomic E-state index is -0.195. The number of nitrogens with zero attached hydrogens (tertiary/aromatic N) is 1. The number of carbonyl (C=O) groups is 1. The maximum absolute atomic E-state index is 11.4. The van der Waals surface area contributed by atoms with Crippen molar-refractivity contribution < 1.29 is 9.90 Å². The van der Waals surface area contributed by atoms with Crippen LogP contribution in [0.25, 0.3) is 0 Å². The molecule has 0 aromatic heterocycles. The van der Waals surface area contributed by atoms with Crippen molar-refractivity contribution in [2.75, 3.05) is 14.1 Å². The van der Waals surface area contributed by atoms with Crippen LogP contribution < -0.4 is 0 Å². The molecule has 0 unspecified atom stereocenters. The van der Waals surface area contributed by atoms with Crippen molar-refractivity contribution in [2.45, 2.75) is 31.2 Å². The van der Waals surface area contributed by atoms with E-state index in [9.17, 15) is 9.90 Å². The van der Waals surface area contributed by atoms with Gasteiger partial charge in [0.2, 0.25) is 0 Å². The SMILES string of the molecule is CN(C)C1(c2ccccc2O)CCC(=O)CC1. The molecule has 1 aromatic carbocycles. The van der Waals surface area contributed by atoms with E-state index in [2.05, 4.69) is 4.90 Å². The molecule has 0 spiro atoms. The number of rotatable bonds is 2. The summed E-state index contributed by atoms with van der Waals surface area (Å²) >= 11 is 0. The van der Waals surface area contributed by atoms with Gasteiger partial charge in [-0.1, -0.05) is 18.2 Å². The molecule has 3 nitrogen and oxygen atoms in total. The van der Waals surface area contributed by atoms with E-state index in [0.29, 0.717) is 24.4 Å². The highest BCUT2D eigenvalue weighted by molar-refractivity contribution is 5.79. The Morgan fingerprint density at radius 3 is 2.29 bits per heavy atom. The van der Waals surface area contributed by atoms with Gasteiger partial charge < -0.3 is 5.11 Å². The number of para-hydroxylation sites is 1. The van der Waals surface area contributed by atoms with Gasteiger partial charge in [-0.2, -0.15) is 0 Å². The second-order valence-electron chi connectivity index (χ2n) is 4.98. The fourth-order valence-corrected chi connectivity index (χ4v) is 2.77.